The molecule has 11 heteroatoms. The normalized spacial score (nSPS) is 11.3. The summed E-state index contributed by atoms with van der Waals surface area (Å²) < 4.78 is 0. The summed E-state index contributed by atoms with van der Waals surface area (Å²) >= 11 is 1.19. The SMILES string of the molecule is Cc1nc(-c2ccccc2)sc1C(=O)NNC(=O)[C@H](C)NC(=O)c1cccc([N+](=O)[O-])c1. The Labute approximate surface area is 186 Å². The zero-order valence-corrected chi connectivity index (χ0v) is 17.9. The van der Waals surface area contributed by atoms with E-state index in [9.17, 15) is 24.5 Å². The van der Waals surface area contributed by atoms with Crippen LogP contribution in [0.15, 0.2) is 54.6 Å². The van der Waals surface area contributed by atoms with Crippen LogP contribution >= 0.6 is 11.3 Å². The van der Waals surface area contributed by atoms with Crippen LogP contribution < -0.4 is 16.2 Å². The number of amides is 3. The largest absolute Gasteiger partial charge is 0.340 e. The molecule has 32 heavy (non-hydrogen) atoms. The van der Waals surface area contributed by atoms with Gasteiger partial charge in [0, 0.05) is 23.3 Å². The zero-order chi connectivity index (χ0) is 23.3. The molecule has 1 aromatic heterocycles. The predicted octanol–water partition coefficient (Wildman–Crippen LogP) is 2.61. The van der Waals surface area contributed by atoms with E-state index in [0.29, 0.717) is 15.6 Å². The molecule has 164 valence electrons. The van der Waals surface area contributed by atoms with Crippen LogP contribution in [0.2, 0.25) is 0 Å². The molecule has 0 radical (unpaired) electrons. The van der Waals surface area contributed by atoms with Gasteiger partial charge in [0.2, 0.25) is 0 Å². The number of non-ortho nitro benzene ring substituents is 1. The van der Waals surface area contributed by atoms with Crippen LogP contribution in [0.25, 0.3) is 10.6 Å². The standard InChI is InChI=1S/C21H19N5O5S/c1-12-17(32-21(23-12)14-7-4-3-5-8-14)20(29)25-24-18(27)13(2)22-19(28)15-9-6-10-16(11-15)26(30)31/h3-11,13H,1-2H3,(H,22,28)(H,24,27)(H,25,29)/t13-/m0/s1. The van der Waals surface area contributed by atoms with Gasteiger partial charge < -0.3 is 5.32 Å². The molecule has 0 fully saturated rings. The minimum atomic E-state index is -1.01. The number of aryl methyl sites for hydroxylation is 1. The lowest BCUT2D eigenvalue weighted by atomic mass is 10.2. The number of hydrogen-bond acceptors (Lipinski definition) is 7. The number of hydrogen-bond donors (Lipinski definition) is 3. The van der Waals surface area contributed by atoms with E-state index in [4.69, 9.17) is 0 Å². The summed E-state index contributed by atoms with van der Waals surface area (Å²) in [4.78, 5) is 52.0. The lowest BCUT2D eigenvalue weighted by Crippen LogP contribution is -2.51. The van der Waals surface area contributed by atoms with E-state index in [-0.39, 0.29) is 11.3 Å². The van der Waals surface area contributed by atoms with Gasteiger partial charge in [0.1, 0.15) is 15.9 Å². The summed E-state index contributed by atoms with van der Waals surface area (Å²) in [7, 11) is 0. The Kier molecular flexibility index (Phi) is 6.90. The fourth-order valence-electron chi connectivity index (χ4n) is 2.70. The lowest BCUT2D eigenvalue weighted by molar-refractivity contribution is -0.384. The second kappa shape index (κ2) is 9.79. The van der Waals surface area contributed by atoms with Crippen LogP contribution in [-0.2, 0) is 4.79 Å². The first-order valence-electron chi connectivity index (χ1n) is 9.44. The first-order valence-corrected chi connectivity index (χ1v) is 10.3. The maximum Gasteiger partial charge on any atom is 0.281 e. The van der Waals surface area contributed by atoms with Gasteiger partial charge in [0.15, 0.2) is 0 Å². The van der Waals surface area contributed by atoms with Gasteiger partial charge in [-0.2, -0.15) is 0 Å². The maximum atomic E-state index is 12.5. The molecule has 0 saturated carbocycles. The van der Waals surface area contributed by atoms with Crippen molar-refractivity contribution in [2.75, 3.05) is 0 Å². The van der Waals surface area contributed by atoms with Gasteiger partial charge in [-0.25, -0.2) is 4.98 Å². The molecule has 0 aliphatic heterocycles. The van der Waals surface area contributed by atoms with E-state index in [1.807, 2.05) is 30.3 Å². The monoisotopic (exact) mass is 453 g/mol. The van der Waals surface area contributed by atoms with Crippen molar-refractivity contribution in [3.63, 3.8) is 0 Å². The third-order valence-corrected chi connectivity index (χ3v) is 5.59. The Hall–Kier alpha value is -4.12. The van der Waals surface area contributed by atoms with Crippen molar-refractivity contribution in [3.8, 4) is 10.6 Å². The highest BCUT2D eigenvalue weighted by Crippen LogP contribution is 2.27. The second-order valence-electron chi connectivity index (χ2n) is 6.75. The average Bonchev–Trinajstić information content (AvgIpc) is 3.19. The van der Waals surface area contributed by atoms with Crippen molar-refractivity contribution in [2.24, 2.45) is 0 Å². The summed E-state index contributed by atoms with van der Waals surface area (Å²) in [5.74, 6) is -1.86. The Morgan fingerprint density at radius 1 is 1.03 bits per heavy atom. The first kappa shape index (κ1) is 22.6. The highest BCUT2D eigenvalue weighted by atomic mass is 32.1. The van der Waals surface area contributed by atoms with Gasteiger partial charge in [0.05, 0.1) is 10.6 Å². The van der Waals surface area contributed by atoms with Gasteiger partial charge in [-0.05, 0) is 19.9 Å². The van der Waals surface area contributed by atoms with Gasteiger partial charge >= 0.3 is 0 Å². The number of thiazole rings is 1. The molecule has 0 aliphatic carbocycles. The summed E-state index contributed by atoms with van der Waals surface area (Å²) in [6.07, 6.45) is 0. The van der Waals surface area contributed by atoms with Gasteiger partial charge in [-0.1, -0.05) is 36.4 Å². The van der Waals surface area contributed by atoms with Crippen LogP contribution in [0, 0.1) is 17.0 Å². The number of nitrogens with one attached hydrogen (secondary N) is 3. The predicted molar refractivity (Wildman–Crippen MR) is 118 cm³/mol. The van der Waals surface area contributed by atoms with Crippen LogP contribution in [0.4, 0.5) is 5.69 Å². The molecule has 10 nitrogen and oxygen atoms in total. The number of nitro benzene ring substituents is 1. The fourth-order valence-corrected chi connectivity index (χ4v) is 3.67. The van der Waals surface area contributed by atoms with Gasteiger partial charge in [-0.15, -0.1) is 11.3 Å². The molecule has 3 amide bonds. The highest BCUT2D eigenvalue weighted by Gasteiger charge is 2.20. The maximum absolute atomic E-state index is 12.5. The molecule has 0 unspecified atom stereocenters. The first-order chi connectivity index (χ1) is 15.3. The highest BCUT2D eigenvalue weighted by molar-refractivity contribution is 7.17. The number of nitro groups is 1. The summed E-state index contributed by atoms with van der Waals surface area (Å²) in [6.45, 7) is 3.11. The van der Waals surface area contributed by atoms with Crippen LogP contribution in [0.3, 0.4) is 0 Å². The second-order valence-corrected chi connectivity index (χ2v) is 7.74. The van der Waals surface area contributed by atoms with Crippen molar-refractivity contribution < 1.29 is 19.3 Å². The average molecular weight is 453 g/mol. The molecule has 0 spiro atoms. The summed E-state index contributed by atoms with van der Waals surface area (Å²) in [5, 5.41) is 14.0. The lowest BCUT2D eigenvalue weighted by Gasteiger charge is -2.14. The van der Waals surface area contributed by atoms with Crippen molar-refractivity contribution >= 4 is 34.7 Å². The van der Waals surface area contributed by atoms with E-state index in [1.165, 1.54) is 36.5 Å². The molecule has 0 bridgehead atoms. The molecule has 3 rings (SSSR count). The summed E-state index contributed by atoms with van der Waals surface area (Å²) in [5.41, 5.74) is 5.77. The van der Waals surface area contributed by atoms with Crippen LogP contribution in [0.1, 0.15) is 32.6 Å². The van der Waals surface area contributed by atoms with Crippen LogP contribution in [0.5, 0.6) is 0 Å². The number of aromatic nitrogens is 1. The zero-order valence-electron chi connectivity index (χ0n) is 17.1. The molecule has 0 aliphatic rings. The fraction of sp³-hybridized carbons (Fsp3) is 0.143. The smallest absolute Gasteiger partial charge is 0.281 e. The minimum Gasteiger partial charge on any atom is -0.340 e. The Bertz CT molecular complexity index is 1180. The van der Waals surface area contributed by atoms with E-state index in [1.54, 1.807) is 6.92 Å². The van der Waals surface area contributed by atoms with E-state index < -0.39 is 28.7 Å². The molecule has 1 atom stereocenters. The number of rotatable bonds is 6. The van der Waals surface area contributed by atoms with Crippen molar-refractivity contribution in [1.29, 1.82) is 0 Å². The van der Waals surface area contributed by atoms with E-state index in [2.05, 4.69) is 21.2 Å². The quantitative estimate of drug-likeness (QED) is 0.387. The minimum absolute atomic E-state index is 0.0385. The number of hydrazine groups is 1. The number of nitrogens with zero attached hydrogens (tertiary/aromatic N) is 2. The van der Waals surface area contributed by atoms with Crippen molar-refractivity contribution in [3.05, 3.63) is 80.8 Å². The number of benzene rings is 2. The molecular weight excluding hydrogens is 434 g/mol. The van der Waals surface area contributed by atoms with Gasteiger partial charge in [0.25, 0.3) is 23.4 Å². The van der Waals surface area contributed by atoms with E-state index in [0.717, 1.165) is 11.6 Å². The molecule has 3 N–H and O–H groups in total. The Morgan fingerprint density at radius 2 is 1.75 bits per heavy atom. The van der Waals surface area contributed by atoms with Gasteiger partial charge in [-0.3, -0.25) is 35.3 Å². The molecule has 3 aromatic rings. The molecule has 1 heterocycles. The molecule has 2 aromatic carbocycles. The number of carbonyl (C=O) groups is 3. The summed E-state index contributed by atoms with van der Waals surface area (Å²) in [6, 6.07) is 13.5. The number of carbonyl (C=O) groups excluding carboxylic acids is 3. The van der Waals surface area contributed by atoms with Crippen molar-refractivity contribution in [2.45, 2.75) is 19.9 Å². The third kappa shape index (κ3) is 5.32. The van der Waals surface area contributed by atoms with E-state index >= 15 is 0 Å². The Balaban J connectivity index is 1.58. The third-order valence-electron chi connectivity index (χ3n) is 4.38. The topological polar surface area (TPSA) is 143 Å². The van der Waals surface area contributed by atoms with Crippen LogP contribution in [-0.4, -0.2) is 33.7 Å². The van der Waals surface area contributed by atoms with Crippen molar-refractivity contribution in [1.82, 2.24) is 21.2 Å². The molecular formula is C21H19N5O5S. The Morgan fingerprint density at radius 3 is 2.44 bits per heavy atom. The molecule has 0 saturated heterocycles.